The van der Waals surface area contributed by atoms with Gasteiger partial charge in [-0.15, -0.1) is 0 Å². The molecule has 1 aromatic heterocycles. The van der Waals surface area contributed by atoms with E-state index in [-0.39, 0.29) is 5.91 Å². The number of hydrogen-bond donors (Lipinski definition) is 2. The average molecular weight is 221 g/mol. The van der Waals surface area contributed by atoms with Gasteiger partial charge in [0.2, 0.25) is 5.91 Å². The first-order valence-corrected chi connectivity index (χ1v) is 5.87. The fourth-order valence-corrected chi connectivity index (χ4v) is 1.71. The first kappa shape index (κ1) is 11.2. The van der Waals surface area contributed by atoms with Gasteiger partial charge in [0.05, 0.1) is 0 Å². The molecule has 0 aliphatic heterocycles. The number of hydrogen-bond acceptors (Lipinski definition) is 2. The van der Waals surface area contributed by atoms with Crippen molar-refractivity contribution < 1.29 is 4.79 Å². The molecule has 1 saturated carbocycles. The molecule has 1 aliphatic carbocycles. The summed E-state index contributed by atoms with van der Waals surface area (Å²) < 4.78 is 2.14. The summed E-state index contributed by atoms with van der Waals surface area (Å²) in [6.45, 7) is 1.67. The Bertz CT molecular complexity index is 355. The van der Waals surface area contributed by atoms with Gasteiger partial charge in [-0.05, 0) is 25.0 Å². The van der Waals surface area contributed by atoms with Crippen LogP contribution in [0.4, 0.5) is 0 Å². The van der Waals surface area contributed by atoms with Gasteiger partial charge in [0.25, 0.3) is 0 Å². The molecule has 2 N–H and O–H groups in total. The summed E-state index contributed by atoms with van der Waals surface area (Å²) >= 11 is 0. The fraction of sp³-hybridized carbons (Fsp3) is 0.583. The Morgan fingerprint density at radius 1 is 1.56 bits per heavy atom. The Labute approximate surface area is 96.0 Å². The van der Waals surface area contributed by atoms with E-state index in [4.69, 9.17) is 0 Å². The smallest absolute Gasteiger partial charge is 0.221 e. The summed E-state index contributed by atoms with van der Waals surface area (Å²) in [5, 5.41) is 6.12. The van der Waals surface area contributed by atoms with Crippen molar-refractivity contribution in [1.82, 2.24) is 15.2 Å². The second-order valence-electron chi connectivity index (χ2n) is 4.27. The third-order valence-electron chi connectivity index (χ3n) is 2.93. The highest BCUT2D eigenvalue weighted by Crippen LogP contribution is 2.19. The van der Waals surface area contributed by atoms with Crippen LogP contribution in [-0.4, -0.2) is 23.6 Å². The van der Waals surface area contributed by atoms with Gasteiger partial charge in [0.1, 0.15) is 0 Å². The standard InChI is InChI=1S/C12H19N3O/c1-13-12(16)6-8-15-7-2-3-11(15)9-14-10-4-5-10/h2-3,7,10,14H,4-6,8-9H2,1H3,(H,13,16). The zero-order chi connectivity index (χ0) is 11.4. The van der Waals surface area contributed by atoms with Gasteiger partial charge in [0.15, 0.2) is 0 Å². The van der Waals surface area contributed by atoms with Crippen LogP contribution >= 0.6 is 0 Å². The maximum Gasteiger partial charge on any atom is 0.221 e. The van der Waals surface area contributed by atoms with Crippen molar-refractivity contribution in [2.45, 2.75) is 38.4 Å². The van der Waals surface area contributed by atoms with E-state index >= 15 is 0 Å². The van der Waals surface area contributed by atoms with Gasteiger partial charge in [-0.1, -0.05) is 0 Å². The minimum atomic E-state index is 0.0924. The van der Waals surface area contributed by atoms with Crippen molar-refractivity contribution in [2.24, 2.45) is 0 Å². The van der Waals surface area contributed by atoms with Crippen molar-refractivity contribution in [2.75, 3.05) is 7.05 Å². The quantitative estimate of drug-likeness (QED) is 0.749. The molecule has 0 unspecified atom stereocenters. The molecule has 1 fully saturated rings. The summed E-state index contributed by atoms with van der Waals surface area (Å²) in [6.07, 6.45) is 5.19. The van der Waals surface area contributed by atoms with Crippen LogP contribution in [0.5, 0.6) is 0 Å². The summed E-state index contributed by atoms with van der Waals surface area (Å²) in [5.41, 5.74) is 1.26. The minimum absolute atomic E-state index is 0.0924. The molecule has 0 spiro atoms. The van der Waals surface area contributed by atoms with Crippen molar-refractivity contribution in [1.29, 1.82) is 0 Å². The molecule has 0 radical (unpaired) electrons. The lowest BCUT2D eigenvalue weighted by atomic mass is 10.3. The normalized spacial score (nSPS) is 15.1. The van der Waals surface area contributed by atoms with Crippen LogP contribution in [-0.2, 0) is 17.9 Å². The summed E-state index contributed by atoms with van der Waals surface area (Å²) in [4.78, 5) is 11.2. The van der Waals surface area contributed by atoms with E-state index in [0.29, 0.717) is 6.42 Å². The number of rotatable bonds is 6. The highest BCUT2D eigenvalue weighted by Gasteiger charge is 2.20. The second kappa shape index (κ2) is 5.16. The Kier molecular flexibility index (Phi) is 3.62. The van der Waals surface area contributed by atoms with Gasteiger partial charge in [0, 0.05) is 44.5 Å². The first-order chi connectivity index (χ1) is 7.79. The molecule has 0 saturated heterocycles. The molecule has 0 bridgehead atoms. The van der Waals surface area contributed by atoms with Gasteiger partial charge >= 0.3 is 0 Å². The van der Waals surface area contributed by atoms with Crippen LogP contribution < -0.4 is 10.6 Å². The van der Waals surface area contributed by atoms with E-state index in [9.17, 15) is 4.79 Å². The molecule has 1 amide bonds. The number of carbonyl (C=O) groups excluding carboxylic acids is 1. The molecule has 4 nitrogen and oxygen atoms in total. The molecule has 0 atom stereocenters. The molecule has 0 aromatic carbocycles. The summed E-state index contributed by atoms with van der Waals surface area (Å²) in [6, 6.07) is 4.87. The van der Waals surface area contributed by atoms with Crippen molar-refractivity contribution in [3.63, 3.8) is 0 Å². The number of nitrogens with one attached hydrogen (secondary N) is 2. The van der Waals surface area contributed by atoms with Crippen LogP contribution in [0.2, 0.25) is 0 Å². The van der Waals surface area contributed by atoms with E-state index in [1.807, 2.05) is 12.3 Å². The molecule has 2 rings (SSSR count). The predicted molar refractivity (Wildman–Crippen MR) is 63.0 cm³/mol. The molecule has 1 aromatic rings. The van der Waals surface area contributed by atoms with Crippen LogP contribution in [0.15, 0.2) is 18.3 Å². The van der Waals surface area contributed by atoms with Gasteiger partial charge in [-0.3, -0.25) is 4.79 Å². The van der Waals surface area contributed by atoms with E-state index in [2.05, 4.69) is 21.3 Å². The van der Waals surface area contributed by atoms with Crippen LogP contribution in [0.25, 0.3) is 0 Å². The van der Waals surface area contributed by atoms with E-state index in [1.54, 1.807) is 7.05 Å². The summed E-state index contributed by atoms with van der Waals surface area (Å²) in [5.74, 6) is 0.0924. The lowest BCUT2D eigenvalue weighted by Crippen LogP contribution is -2.21. The SMILES string of the molecule is CNC(=O)CCn1cccc1CNC1CC1. The van der Waals surface area contributed by atoms with Crippen LogP contribution in [0, 0.1) is 0 Å². The highest BCUT2D eigenvalue weighted by atomic mass is 16.1. The first-order valence-electron chi connectivity index (χ1n) is 5.87. The number of aryl methyl sites for hydroxylation is 1. The van der Waals surface area contributed by atoms with E-state index in [0.717, 1.165) is 19.1 Å². The maximum atomic E-state index is 11.2. The monoisotopic (exact) mass is 221 g/mol. The van der Waals surface area contributed by atoms with Crippen molar-refractivity contribution >= 4 is 5.91 Å². The van der Waals surface area contributed by atoms with Crippen molar-refractivity contribution in [3.8, 4) is 0 Å². The molecule has 16 heavy (non-hydrogen) atoms. The van der Waals surface area contributed by atoms with Gasteiger partial charge < -0.3 is 15.2 Å². The van der Waals surface area contributed by atoms with E-state index < -0.39 is 0 Å². The number of nitrogens with zero attached hydrogens (tertiary/aromatic N) is 1. The van der Waals surface area contributed by atoms with E-state index in [1.165, 1.54) is 18.5 Å². The van der Waals surface area contributed by atoms with Gasteiger partial charge in [-0.25, -0.2) is 0 Å². The molecule has 4 heteroatoms. The number of amides is 1. The fourth-order valence-electron chi connectivity index (χ4n) is 1.71. The Morgan fingerprint density at radius 3 is 3.06 bits per heavy atom. The van der Waals surface area contributed by atoms with Gasteiger partial charge in [-0.2, -0.15) is 0 Å². The lowest BCUT2D eigenvalue weighted by molar-refractivity contribution is -0.120. The lowest BCUT2D eigenvalue weighted by Gasteiger charge is -2.09. The molecular formula is C12H19N3O. The van der Waals surface area contributed by atoms with Crippen LogP contribution in [0.3, 0.4) is 0 Å². The third kappa shape index (κ3) is 3.10. The van der Waals surface area contributed by atoms with Crippen LogP contribution in [0.1, 0.15) is 25.0 Å². The molecule has 1 heterocycles. The predicted octanol–water partition coefficient (Wildman–Crippen LogP) is 0.876. The summed E-state index contributed by atoms with van der Waals surface area (Å²) in [7, 11) is 1.67. The Hall–Kier alpha value is -1.29. The highest BCUT2D eigenvalue weighted by molar-refractivity contribution is 5.75. The molecular weight excluding hydrogens is 202 g/mol. The number of aromatic nitrogens is 1. The topological polar surface area (TPSA) is 46.1 Å². The minimum Gasteiger partial charge on any atom is -0.359 e. The Balaban J connectivity index is 1.82. The number of carbonyl (C=O) groups is 1. The maximum absolute atomic E-state index is 11.2. The molecule has 88 valence electrons. The average Bonchev–Trinajstić information content (AvgIpc) is 3.02. The Morgan fingerprint density at radius 2 is 2.38 bits per heavy atom. The second-order valence-corrected chi connectivity index (χ2v) is 4.27. The largest absolute Gasteiger partial charge is 0.359 e. The van der Waals surface area contributed by atoms with Crippen molar-refractivity contribution in [3.05, 3.63) is 24.0 Å². The zero-order valence-electron chi connectivity index (χ0n) is 9.70. The third-order valence-corrected chi connectivity index (χ3v) is 2.93. The zero-order valence-corrected chi connectivity index (χ0v) is 9.70. The molecule has 1 aliphatic rings.